The summed E-state index contributed by atoms with van der Waals surface area (Å²) in [6.45, 7) is 0.659. The van der Waals surface area contributed by atoms with Gasteiger partial charge < -0.3 is 10.1 Å². The van der Waals surface area contributed by atoms with Crippen molar-refractivity contribution in [3.63, 3.8) is 0 Å². The highest BCUT2D eigenvalue weighted by molar-refractivity contribution is 7.99. The average Bonchev–Trinajstić information content (AvgIpc) is 3.17. The van der Waals surface area contributed by atoms with Crippen molar-refractivity contribution in [1.82, 2.24) is 14.8 Å². The maximum atomic E-state index is 12.1. The molecule has 0 spiro atoms. The van der Waals surface area contributed by atoms with Gasteiger partial charge in [-0.25, -0.2) is 9.67 Å². The van der Waals surface area contributed by atoms with Gasteiger partial charge in [0.25, 0.3) is 0 Å². The number of nitrogens with zero attached hydrogens (tertiary/aromatic N) is 3. The second kappa shape index (κ2) is 9.05. The first kappa shape index (κ1) is 18.0. The highest BCUT2D eigenvalue weighted by atomic mass is 32.2. The lowest BCUT2D eigenvalue weighted by Crippen LogP contribution is -2.12. The highest BCUT2D eigenvalue weighted by Crippen LogP contribution is 2.22. The third kappa shape index (κ3) is 5.35. The minimum atomic E-state index is 0.00929. The number of carbonyl (C=O) groups is 1. The van der Waals surface area contributed by atoms with E-state index in [9.17, 15) is 4.79 Å². The van der Waals surface area contributed by atoms with Gasteiger partial charge in [-0.2, -0.15) is 5.10 Å². The van der Waals surface area contributed by atoms with Crippen molar-refractivity contribution in [2.45, 2.75) is 17.9 Å². The molecule has 0 atom stereocenters. The van der Waals surface area contributed by atoms with Crippen LogP contribution in [0.25, 0.3) is 0 Å². The van der Waals surface area contributed by atoms with Crippen LogP contribution in [0.1, 0.15) is 12.0 Å². The molecule has 1 heterocycles. The van der Waals surface area contributed by atoms with E-state index in [1.807, 2.05) is 48.5 Å². The number of rotatable bonds is 8. The number of hydrogen-bond acceptors (Lipinski definition) is 5. The van der Waals surface area contributed by atoms with Crippen molar-refractivity contribution >= 4 is 23.4 Å². The Morgan fingerprint density at radius 1 is 1.15 bits per heavy atom. The van der Waals surface area contributed by atoms with Gasteiger partial charge in [-0.3, -0.25) is 4.79 Å². The van der Waals surface area contributed by atoms with Crippen molar-refractivity contribution in [2.75, 3.05) is 18.2 Å². The Morgan fingerprint density at radius 3 is 2.58 bits per heavy atom. The standard InChI is InChI=1S/C19H20N4O2S/c1-25-17-6-8-18(9-7-17)26-11-10-19(24)22-16-4-2-15(3-5-16)12-23-14-20-13-21-23/h2-9,13-14H,10-12H2,1H3,(H,22,24). The first-order valence-corrected chi connectivity index (χ1v) is 9.19. The van der Waals surface area contributed by atoms with E-state index in [0.29, 0.717) is 13.0 Å². The lowest BCUT2D eigenvalue weighted by Gasteiger charge is -2.07. The molecule has 0 aliphatic rings. The quantitative estimate of drug-likeness (QED) is 0.617. The van der Waals surface area contributed by atoms with Gasteiger partial charge in [-0.1, -0.05) is 12.1 Å². The Morgan fingerprint density at radius 2 is 1.92 bits per heavy atom. The van der Waals surface area contributed by atoms with Gasteiger partial charge in [-0.15, -0.1) is 11.8 Å². The molecule has 0 saturated heterocycles. The third-order valence-corrected chi connectivity index (χ3v) is 4.72. The Balaban J connectivity index is 1.42. The molecule has 0 aliphatic carbocycles. The lowest BCUT2D eigenvalue weighted by atomic mass is 10.2. The zero-order valence-corrected chi connectivity index (χ0v) is 15.3. The SMILES string of the molecule is COc1ccc(SCCC(=O)Nc2ccc(Cn3cncn3)cc2)cc1. The maximum Gasteiger partial charge on any atom is 0.225 e. The average molecular weight is 368 g/mol. The Bertz CT molecular complexity index is 818. The molecule has 0 bridgehead atoms. The fourth-order valence-corrected chi connectivity index (χ4v) is 3.20. The summed E-state index contributed by atoms with van der Waals surface area (Å²) in [5.41, 5.74) is 1.90. The van der Waals surface area contributed by atoms with Crippen LogP contribution in [0.5, 0.6) is 5.75 Å². The molecular weight excluding hydrogens is 348 g/mol. The lowest BCUT2D eigenvalue weighted by molar-refractivity contribution is -0.115. The molecule has 0 aliphatic heterocycles. The van der Waals surface area contributed by atoms with Crippen LogP contribution in [-0.4, -0.2) is 33.5 Å². The molecule has 1 amide bonds. The van der Waals surface area contributed by atoms with Crippen molar-refractivity contribution in [3.8, 4) is 5.75 Å². The van der Waals surface area contributed by atoms with Gasteiger partial charge in [0.1, 0.15) is 18.4 Å². The normalized spacial score (nSPS) is 10.5. The molecule has 26 heavy (non-hydrogen) atoms. The first-order chi connectivity index (χ1) is 12.7. The van der Waals surface area contributed by atoms with E-state index in [1.165, 1.54) is 6.33 Å². The van der Waals surface area contributed by atoms with Crippen molar-refractivity contribution < 1.29 is 9.53 Å². The fourth-order valence-electron chi connectivity index (χ4n) is 2.35. The topological polar surface area (TPSA) is 69.0 Å². The molecule has 1 N–H and O–H groups in total. The minimum Gasteiger partial charge on any atom is -0.497 e. The summed E-state index contributed by atoms with van der Waals surface area (Å²) in [6.07, 6.45) is 3.64. The van der Waals surface area contributed by atoms with E-state index in [0.717, 1.165) is 27.6 Å². The summed E-state index contributed by atoms with van der Waals surface area (Å²) >= 11 is 1.65. The number of nitrogens with one attached hydrogen (secondary N) is 1. The third-order valence-electron chi connectivity index (χ3n) is 3.71. The van der Waals surface area contributed by atoms with Gasteiger partial charge in [-0.05, 0) is 42.0 Å². The summed E-state index contributed by atoms with van der Waals surface area (Å²) in [5.74, 6) is 1.57. The van der Waals surface area contributed by atoms with Gasteiger partial charge in [0.15, 0.2) is 0 Å². The minimum absolute atomic E-state index is 0.00929. The van der Waals surface area contributed by atoms with Gasteiger partial charge in [0.2, 0.25) is 5.91 Å². The van der Waals surface area contributed by atoms with Crippen LogP contribution in [0.15, 0.2) is 66.1 Å². The molecular formula is C19H20N4O2S. The molecule has 1 aromatic heterocycles. The molecule has 2 aromatic carbocycles. The van der Waals surface area contributed by atoms with E-state index >= 15 is 0 Å². The summed E-state index contributed by atoms with van der Waals surface area (Å²) in [7, 11) is 1.65. The zero-order valence-electron chi connectivity index (χ0n) is 14.5. The van der Waals surface area contributed by atoms with E-state index in [4.69, 9.17) is 4.74 Å². The summed E-state index contributed by atoms with van der Waals surface area (Å²) in [6, 6.07) is 15.6. The predicted octanol–water partition coefficient (Wildman–Crippen LogP) is 3.46. The number of thioether (sulfide) groups is 1. The molecule has 0 radical (unpaired) electrons. The van der Waals surface area contributed by atoms with Crippen LogP contribution >= 0.6 is 11.8 Å². The van der Waals surface area contributed by atoms with Crippen LogP contribution in [0.3, 0.4) is 0 Å². The number of anilines is 1. The molecule has 6 nitrogen and oxygen atoms in total. The van der Waals surface area contributed by atoms with Crippen LogP contribution in [0.4, 0.5) is 5.69 Å². The van der Waals surface area contributed by atoms with Crippen LogP contribution < -0.4 is 10.1 Å². The molecule has 3 rings (SSSR count). The van der Waals surface area contributed by atoms with Crippen molar-refractivity contribution in [1.29, 1.82) is 0 Å². The number of hydrogen-bond donors (Lipinski definition) is 1. The molecule has 0 fully saturated rings. The highest BCUT2D eigenvalue weighted by Gasteiger charge is 2.04. The van der Waals surface area contributed by atoms with E-state index in [-0.39, 0.29) is 5.91 Å². The first-order valence-electron chi connectivity index (χ1n) is 8.21. The second-order valence-electron chi connectivity index (χ2n) is 5.61. The molecule has 0 unspecified atom stereocenters. The van der Waals surface area contributed by atoms with E-state index < -0.39 is 0 Å². The number of ether oxygens (including phenoxy) is 1. The number of carbonyl (C=O) groups excluding carboxylic acids is 1. The Kier molecular flexibility index (Phi) is 6.27. The van der Waals surface area contributed by atoms with Crippen LogP contribution in [-0.2, 0) is 11.3 Å². The molecule has 134 valence electrons. The molecule has 3 aromatic rings. The number of methoxy groups -OCH3 is 1. The second-order valence-corrected chi connectivity index (χ2v) is 6.78. The molecule has 0 saturated carbocycles. The summed E-state index contributed by atoms with van der Waals surface area (Å²) in [5, 5.41) is 7.00. The summed E-state index contributed by atoms with van der Waals surface area (Å²) in [4.78, 5) is 17.1. The number of aromatic nitrogens is 3. The van der Waals surface area contributed by atoms with Gasteiger partial charge in [0, 0.05) is 22.8 Å². The van der Waals surface area contributed by atoms with Gasteiger partial charge >= 0.3 is 0 Å². The Hall–Kier alpha value is -2.80. The maximum absolute atomic E-state index is 12.1. The van der Waals surface area contributed by atoms with E-state index in [2.05, 4.69) is 15.4 Å². The monoisotopic (exact) mass is 368 g/mol. The largest absolute Gasteiger partial charge is 0.497 e. The smallest absolute Gasteiger partial charge is 0.225 e. The predicted molar refractivity (Wildman–Crippen MR) is 103 cm³/mol. The zero-order chi connectivity index (χ0) is 18.2. The number of amides is 1. The Labute approximate surface area is 156 Å². The van der Waals surface area contributed by atoms with Gasteiger partial charge in [0.05, 0.1) is 13.7 Å². The fraction of sp³-hybridized carbons (Fsp3) is 0.211. The summed E-state index contributed by atoms with van der Waals surface area (Å²) < 4.78 is 6.89. The van der Waals surface area contributed by atoms with E-state index in [1.54, 1.807) is 29.9 Å². The van der Waals surface area contributed by atoms with Crippen LogP contribution in [0, 0.1) is 0 Å². The van der Waals surface area contributed by atoms with Crippen molar-refractivity contribution in [3.05, 3.63) is 66.7 Å². The van der Waals surface area contributed by atoms with Crippen molar-refractivity contribution in [2.24, 2.45) is 0 Å². The molecule has 7 heteroatoms. The number of benzene rings is 2. The van der Waals surface area contributed by atoms with Crippen LogP contribution in [0.2, 0.25) is 0 Å².